The molecule has 0 aromatic rings. The summed E-state index contributed by atoms with van der Waals surface area (Å²) in [7, 11) is 2.68. The van der Waals surface area contributed by atoms with E-state index in [4.69, 9.17) is 0 Å². The first-order valence-electron chi connectivity index (χ1n) is 10.4. The van der Waals surface area contributed by atoms with Crippen molar-refractivity contribution in [2.75, 3.05) is 38.8 Å². The van der Waals surface area contributed by atoms with Crippen LogP contribution in [-0.4, -0.2) is 75.9 Å². The number of hydrogen-bond donors (Lipinski definition) is 0. The van der Waals surface area contributed by atoms with E-state index < -0.39 is 10.8 Å². The van der Waals surface area contributed by atoms with Gasteiger partial charge in [0.15, 0.2) is 0 Å². The van der Waals surface area contributed by atoms with Gasteiger partial charge in [-0.1, -0.05) is 13.3 Å². The minimum absolute atomic E-state index is 0.181. The van der Waals surface area contributed by atoms with Gasteiger partial charge in [-0.15, -0.1) is 0 Å². The molecule has 0 aliphatic carbocycles. The van der Waals surface area contributed by atoms with E-state index in [0.717, 1.165) is 19.5 Å². The predicted molar refractivity (Wildman–Crippen MR) is 115 cm³/mol. The van der Waals surface area contributed by atoms with Gasteiger partial charge < -0.3 is 9.64 Å². The standard InChI is InChI=1S/C21H42N2O3S/c1-8-9-12-23(13-10-14-27(25)15-11-19(24)26-7)18-16-20(2,3)22(6)21(4,5)17-18/h18H,8-17H2,1-7H3. The molecule has 1 fully saturated rings. The van der Waals surface area contributed by atoms with Crippen LogP contribution >= 0.6 is 0 Å². The van der Waals surface area contributed by atoms with Gasteiger partial charge in [-0.25, -0.2) is 0 Å². The number of likely N-dealkylation sites (tertiary alicyclic amines) is 1. The minimum Gasteiger partial charge on any atom is -0.469 e. The number of carbonyl (C=O) groups excluding carboxylic acids is 1. The molecule has 0 radical (unpaired) electrons. The third-order valence-corrected chi connectivity index (χ3v) is 7.58. The van der Waals surface area contributed by atoms with Crippen LogP contribution < -0.4 is 0 Å². The maximum atomic E-state index is 12.2. The Hall–Kier alpha value is -0.460. The van der Waals surface area contributed by atoms with E-state index in [1.54, 1.807) is 0 Å². The van der Waals surface area contributed by atoms with E-state index in [1.165, 1.54) is 32.8 Å². The highest BCUT2D eigenvalue weighted by molar-refractivity contribution is 7.84. The van der Waals surface area contributed by atoms with Crippen LogP contribution in [0.3, 0.4) is 0 Å². The molecule has 0 aromatic heterocycles. The van der Waals surface area contributed by atoms with Crippen LogP contribution in [0.1, 0.15) is 73.1 Å². The maximum absolute atomic E-state index is 12.2. The molecule has 1 atom stereocenters. The fraction of sp³-hybridized carbons (Fsp3) is 0.952. The topological polar surface area (TPSA) is 49.9 Å². The zero-order chi connectivity index (χ0) is 20.7. The molecule has 0 amide bonds. The molecule has 1 heterocycles. The van der Waals surface area contributed by atoms with E-state index in [0.29, 0.717) is 17.5 Å². The van der Waals surface area contributed by atoms with Crippen molar-refractivity contribution >= 4 is 16.8 Å². The number of rotatable bonds is 11. The van der Waals surface area contributed by atoms with E-state index >= 15 is 0 Å². The molecule has 0 saturated carbocycles. The van der Waals surface area contributed by atoms with Crippen molar-refractivity contribution < 1.29 is 13.7 Å². The summed E-state index contributed by atoms with van der Waals surface area (Å²) in [5.74, 6) is 0.804. The van der Waals surface area contributed by atoms with Crippen LogP contribution in [0.4, 0.5) is 0 Å². The molecule has 0 bridgehead atoms. The lowest BCUT2D eigenvalue weighted by atomic mass is 9.77. The summed E-state index contributed by atoms with van der Waals surface area (Å²) in [6, 6.07) is 0.571. The summed E-state index contributed by atoms with van der Waals surface area (Å²) in [6.07, 6.45) is 5.91. The molecule has 0 N–H and O–H groups in total. The van der Waals surface area contributed by atoms with Gasteiger partial charge in [-0.2, -0.15) is 0 Å². The smallest absolute Gasteiger partial charge is 0.306 e. The molecule has 1 rings (SSSR count). The quantitative estimate of drug-likeness (QED) is 0.496. The van der Waals surface area contributed by atoms with Gasteiger partial charge in [-0.3, -0.25) is 13.9 Å². The molecule has 1 aliphatic heterocycles. The van der Waals surface area contributed by atoms with Crippen molar-refractivity contribution in [1.29, 1.82) is 0 Å². The lowest BCUT2D eigenvalue weighted by Crippen LogP contribution is -2.62. The van der Waals surface area contributed by atoms with Crippen molar-refractivity contribution in [2.24, 2.45) is 0 Å². The Morgan fingerprint density at radius 1 is 1.11 bits per heavy atom. The summed E-state index contributed by atoms with van der Waals surface area (Å²) >= 11 is 0. The maximum Gasteiger partial charge on any atom is 0.306 e. The van der Waals surface area contributed by atoms with Crippen molar-refractivity contribution in [3.63, 3.8) is 0 Å². The van der Waals surface area contributed by atoms with Crippen molar-refractivity contribution in [2.45, 2.75) is 90.3 Å². The van der Waals surface area contributed by atoms with Crippen LogP contribution in [0.5, 0.6) is 0 Å². The number of methoxy groups -OCH3 is 1. The Kier molecular flexibility index (Phi) is 9.93. The largest absolute Gasteiger partial charge is 0.469 e. The normalized spacial score (nSPS) is 21.3. The van der Waals surface area contributed by atoms with Gasteiger partial charge in [0, 0.05) is 39.4 Å². The third kappa shape index (κ3) is 7.82. The van der Waals surface area contributed by atoms with Crippen molar-refractivity contribution in [3.05, 3.63) is 0 Å². The number of hydrogen-bond acceptors (Lipinski definition) is 5. The zero-order valence-electron chi connectivity index (χ0n) is 18.7. The Morgan fingerprint density at radius 2 is 1.67 bits per heavy atom. The van der Waals surface area contributed by atoms with Gasteiger partial charge >= 0.3 is 5.97 Å². The number of nitrogens with zero attached hydrogens (tertiary/aromatic N) is 2. The number of piperidine rings is 1. The molecule has 160 valence electrons. The highest BCUT2D eigenvalue weighted by atomic mass is 32.2. The predicted octanol–water partition coefficient (Wildman–Crippen LogP) is 3.44. The van der Waals surface area contributed by atoms with Crippen LogP contribution in [0.15, 0.2) is 0 Å². The lowest BCUT2D eigenvalue weighted by molar-refractivity contribution is -0.140. The zero-order valence-corrected chi connectivity index (χ0v) is 19.5. The Bertz CT molecular complexity index is 476. The molecule has 1 aliphatic rings. The second-order valence-corrected chi connectivity index (χ2v) is 10.9. The van der Waals surface area contributed by atoms with Gasteiger partial charge in [0.05, 0.1) is 13.5 Å². The molecule has 0 spiro atoms. The molecule has 6 heteroatoms. The van der Waals surface area contributed by atoms with Gasteiger partial charge in [-0.05, 0) is 73.5 Å². The highest BCUT2D eigenvalue weighted by Crippen LogP contribution is 2.39. The van der Waals surface area contributed by atoms with Gasteiger partial charge in [0.2, 0.25) is 0 Å². The number of unbranched alkanes of at least 4 members (excludes halogenated alkanes) is 1. The SMILES string of the molecule is CCCCN(CCCS(=O)CCC(=O)OC)C1CC(C)(C)N(C)C(C)(C)C1. The first kappa shape index (κ1) is 24.6. The minimum atomic E-state index is -0.941. The van der Waals surface area contributed by atoms with Gasteiger partial charge in [0.25, 0.3) is 0 Å². The van der Waals surface area contributed by atoms with Crippen molar-refractivity contribution in [3.8, 4) is 0 Å². The summed E-state index contributed by atoms with van der Waals surface area (Å²) in [5.41, 5.74) is 0.362. The Morgan fingerprint density at radius 3 is 2.19 bits per heavy atom. The monoisotopic (exact) mass is 402 g/mol. The Balaban J connectivity index is 2.62. The molecule has 1 saturated heterocycles. The average molecular weight is 403 g/mol. The van der Waals surface area contributed by atoms with E-state index in [1.807, 2.05) is 0 Å². The summed E-state index contributed by atoms with van der Waals surface area (Å²) in [6.45, 7) is 13.7. The van der Waals surface area contributed by atoms with Crippen LogP contribution in [-0.2, 0) is 20.3 Å². The lowest BCUT2D eigenvalue weighted by Gasteiger charge is -2.55. The summed E-state index contributed by atoms with van der Waals surface area (Å²) < 4.78 is 16.8. The molecular formula is C21H42N2O3S. The molecule has 27 heavy (non-hydrogen) atoms. The van der Waals surface area contributed by atoms with Crippen LogP contribution in [0, 0.1) is 0 Å². The second-order valence-electron chi connectivity index (χ2n) is 9.16. The van der Waals surface area contributed by atoms with Gasteiger partial charge in [0.1, 0.15) is 0 Å². The fourth-order valence-corrected chi connectivity index (χ4v) is 5.29. The number of carbonyl (C=O) groups is 1. The molecule has 1 unspecified atom stereocenters. The van der Waals surface area contributed by atoms with Crippen LogP contribution in [0.2, 0.25) is 0 Å². The number of ether oxygens (including phenoxy) is 1. The molecule has 0 aromatic carbocycles. The number of esters is 1. The third-order valence-electron chi connectivity index (χ3n) is 6.18. The van der Waals surface area contributed by atoms with E-state index in [9.17, 15) is 9.00 Å². The second kappa shape index (κ2) is 10.9. The fourth-order valence-electron chi connectivity index (χ4n) is 4.24. The summed E-state index contributed by atoms with van der Waals surface area (Å²) in [4.78, 5) is 16.4. The Labute approximate surface area is 169 Å². The van der Waals surface area contributed by atoms with Crippen LogP contribution in [0.25, 0.3) is 0 Å². The van der Waals surface area contributed by atoms with E-state index in [-0.39, 0.29) is 23.5 Å². The molecular weight excluding hydrogens is 360 g/mol. The highest BCUT2D eigenvalue weighted by Gasteiger charge is 2.44. The first-order chi connectivity index (χ1) is 12.5. The van der Waals surface area contributed by atoms with Crippen molar-refractivity contribution in [1.82, 2.24) is 9.80 Å². The average Bonchev–Trinajstić information content (AvgIpc) is 2.59. The molecule has 5 nitrogen and oxygen atoms in total. The van der Waals surface area contributed by atoms with E-state index in [2.05, 4.69) is 56.2 Å². The summed E-state index contributed by atoms with van der Waals surface area (Å²) in [5, 5.41) is 0. The first-order valence-corrected chi connectivity index (χ1v) is 11.9.